The van der Waals surface area contributed by atoms with Crippen molar-refractivity contribution in [3.05, 3.63) is 35.4 Å². The Balaban J connectivity index is 2.00. The zero-order chi connectivity index (χ0) is 11.5. The number of nitrogens with one attached hydrogen (secondary N) is 1. The highest BCUT2D eigenvalue weighted by atomic mass is 15.0. The van der Waals surface area contributed by atoms with Crippen LogP contribution in [0.25, 0.3) is 0 Å². The smallest absolute Gasteiger partial charge is 0.0347 e. The van der Waals surface area contributed by atoms with Crippen molar-refractivity contribution < 1.29 is 0 Å². The maximum atomic E-state index is 6.21. The van der Waals surface area contributed by atoms with Crippen LogP contribution in [0.15, 0.2) is 24.3 Å². The molecule has 88 valence electrons. The lowest BCUT2D eigenvalue weighted by Gasteiger charge is -2.32. The van der Waals surface area contributed by atoms with E-state index >= 15 is 0 Å². The third-order valence-corrected chi connectivity index (χ3v) is 3.33. The maximum Gasteiger partial charge on any atom is 0.0347 e. The summed E-state index contributed by atoms with van der Waals surface area (Å²) in [5, 5.41) is 3.27. The van der Waals surface area contributed by atoms with Crippen LogP contribution in [0.3, 0.4) is 0 Å². The fourth-order valence-electron chi connectivity index (χ4n) is 2.18. The maximum absolute atomic E-state index is 6.21. The van der Waals surface area contributed by atoms with Gasteiger partial charge in [-0.05, 0) is 23.5 Å². The van der Waals surface area contributed by atoms with E-state index in [1.807, 2.05) is 0 Å². The molecule has 0 amide bonds. The quantitative estimate of drug-likeness (QED) is 0.812. The van der Waals surface area contributed by atoms with Gasteiger partial charge in [0.05, 0.1) is 0 Å². The van der Waals surface area contributed by atoms with Crippen LogP contribution in [0.5, 0.6) is 0 Å². The molecule has 1 saturated heterocycles. The number of hydrogen-bond donors (Lipinski definition) is 2. The van der Waals surface area contributed by atoms with Crippen molar-refractivity contribution >= 4 is 0 Å². The lowest BCUT2D eigenvalue weighted by molar-refractivity contribution is 0.295. The molecule has 0 spiro atoms. The standard InChI is InChI=1S/C14H22N2/c1-10(2)7-11-3-5-12(6-4-11)14(15)13-8-16-9-13/h3-6,10,13-14,16H,7-9,15H2,1-2H3. The summed E-state index contributed by atoms with van der Waals surface area (Å²) in [5.41, 5.74) is 8.90. The van der Waals surface area contributed by atoms with Crippen LogP contribution in [-0.2, 0) is 6.42 Å². The first-order valence-corrected chi connectivity index (χ1v) is 6.22. The van der Waals surface area contributed by atoms with Gasteiger partial charge >= 0.3 is 0 Å². The van der Waals surface area contributed by atoms with Gasteiger partial charge in [0.1, 0.15) is 0 Å². The van der Waals surface area contributed by atoms with Crippen molar-refractivity contribution in [3.63, 3.8) is 0 Å². The molecule has 0 radical (unpaired) electrons. The fraction of sp³-hybridized carbons (Fsp3) is 0.571. The van der Waals surface area contributed by atoms with Crippen LogP contribution in [0.1, 0.15) is 31.0 Å². The summed E-state index contributed by atoms with van der Waals surface area (Å²) in [6.45, 7) is 6.63. The van der Waals surface area contributed by atoms with Gasteiger partial charge in [-0.3, -0.25) is 0 Å². The molecular formula is C14H22N2. The second-order valence-electron chi connectivity index (χ2n) is 5.28. The molecule has 0 aliphatic carbocycles. The van der Waals surface area contributed by atoms with E-state index in [1.54, 1.807) is 0 Å². The van der Waals surface area contributed by atoms with Gasteiger partial charge in [-0.1, -0.05) is 38.1 Å². The van der Waals surface area contributed by atoms with Crippen molar-refractivity contribution in [1.29, 1.82) is 0 Å². The average molecular weight is 218 g/mol. The average Bonchev–Trinajstić information content (AvgIpc) is 2.15. The molecule has 0 saturated carbocycles. The van der Waals surface area contributed by atoms with E-state index in [-0.39, 0.29) is 6.04 Å². The van der Waals surface area contributed by atoms with E-state index in [2.05, 4.69) is 43.4 Å². The Morgan fingerprint density at radius 2 is 1.88 bits per heavy atom. The van der Waals surface area contributed by atoms with Gasteiger partial charge in [-0.15, -0.1) is 0 Å². The lowest BCUT2D eigenvalue weighted by atomic mass is 9.88. The highest BCUT2D eigenvalue weighted by molar-refractivity contribution is 5.26. The molecule has 1 aliphatic rings. The lowest BCUT2D eigenvalue weighted by Crippen LogP contribution is -2.47. The summed E-state index contributed by atoms with van der Waals surface area (Å²) in [5.74, 6) is 1.34. The second kappa shape index (κ2) is 4.98. The number of benzene rings is 1. The molecule has 1 atom stereocenters. The summed E-state index contributed by atoms with van der Waals surface area (Å²) in [7, 11) is 0. The number of rotatable bonds is 4. The van der Waals surface area contributed by atoms with Crippen LogP contribution in [0.4, 0.5) is 0 Å². The van der Waals surface area contributed by atoms with Gasteiger partial charge in [0, 0.05) is 25.0 Å². The van der Waals surface area contributed by atoms with Crippen molar-refractivity contribution in [3.8, 4) is 0 Å². The SMILES string of the molecule is CC(C)Cc1ccc(C(N)C2CNC2)cc1. The van der Waals surface area contributed by atoms with E-state index < -0.39 is 0 Å². The van der Waals surface area contributed by atoms with Crippen molar-refractivity contribution in [2.24, 2.45) is 17.6 Å². The topological polar surface area (TPSA) is 38.0 Å². The zero-order valence-corrected chi connectivity index (χ0v) is 10.2. The minimum absolute atomic E-state index is 0.203. The minimum Gasteiger partial charge on any atom is -0.324 e. The second-order valence-corrected chi connectivity index (χ2v) is 5.28. The molecule has 1 fully saturated rings. The van der Waals surface area contributed by atoms with Crippen molar-refractivity contribution in [2.45, 2.75) is 26.3 Å². The Kier molecular flexibility index (Phi) is 3.62. The Hall–Kier alpha value is -0.860. The molecular weight excluding hydrogens is 196 g/mol. The van der Waals surface area contributed by atoms with Gasteiger partial charge in [-0.25, -0.2) is 0 Å². The number of hydrogen-bond acceptors (Lipinski definition) is 2. The molecule has 0 aromatic heterocycles. The van der Waals surface area contributed by atoms with Crippen LogP contribution >= 0.6 is 0 Å². The Labute approximate surface area is 98.2 Å². The van der Waals surface area contributed by atoms with Crippen molar-refractivity contribution in [2.75, 3.05) is 13.1 Å². The normalized spacial score (nSPS) is 18.5. The summed E-state index contributed by atoms with van der Waals surface area (Å²) in [4.78, 5) is 0. The predicted octanol–water partition coefficient (Wildman–Crippen LogP) is 2.10. The van der Waals surface area contributed by atoms with E-state index in [4.69, 9.17) is 5.73 Å². The Morgan fingerprint density at radius 1 is 1.25 bits per heavy atom. The zero-order valence-electron chi connectivity index (χ0n) is 10.2. The van der Waals surface area contributed by atoms with Crippen LogP contribution < -0.4 is 11.1 Å². The highest BCUT2D eigenvalue weighted by Gasteiger charge is 2.24. The van der Waals surface area contributed by atoms with E-state index in [0.717, 1.165) is 25.4 Å². The molecule has 16 heavy (non-hydrogen) atoms. The van der Waals surface area contributed by atoms with Crippen molar-refractivity contribution in [1.82, 2.24) is 5.32 Å². The molecule has 1 aliphatic heterocycles. The molecule has 2 heteroatoms. The van der Waals surface area contributed by atoms with Crippen LogP contribution in [0.2, 0.25) is 0 Å². The fourth-order valence-corrected chi connectivity index (χ4v) is 2.18. The highest BCUT2D eigenvalue weighted by Crippen LogP contribution is 2.23. The van der Waals surface area contributed by atoms with E-state index in [9.17, 15) is 0 Å². The molecule has 3 N–H and O–H groups in total. The first-order valence-electron chi connectivity index (χ1n) is 6.22. The van der Waals surface area contributed by atoms with Crippen LogP contribution in [-0.4, -0.2) is 13.1 Å². The number of nitrogens with two attached hydrogens (primary N) is 1. The molecule has 1 aromatic rings. The van der Waals surface area contributed by atoms with Crippen LogP contribution in [0, 0.1) is 11.8 Å². The Morgan fingerprint density at radius 3 is 2.31 bits per heavy atom. The summed E-state index contributed by atoms with van der Waals surface area (Å²) in [6, 6.07) is 9.04. The first kappa shape index (κ1) is 11.6. The molecule has 0 bridgehead atoms. The van der Waals surface area contributed by atoms with E-state index in [0.29, 0.717) is 5.92 Å². The van der Waals surface area contributed by atoms with Gasteiger partial charge < -0.3 is 11.1 Å². The van der Waals surface area contributed by atoms with Gasteiger partial charge in [0.25, 0.3) is 0 Å². The monoisotopic (exact) mass is 218 g/mol. The summed E-state index contributed by atoms with van der Waals surface area (Å²) in [6.07, 6.45) is 1.15. The van der Waals surface area contributed by atoms with Gasteiger partial charge in [0.15, 0.2) is 0 Å². The van der Waals surface area contributed by atoms with Gasteiger partial charge in [0.2, 0.25) is 0 Å². The summed E-state index contributed by atoms with van der Waals surface area (Å²) < 4.78 is 0. The van der Waals surface area contributed by atoms with E-state index in [1.165, 1.54) is 11.1 Å². The molecule has 1 heterocycles. The molecule has 1 aromatic carbocycles. The third kappa shape index (κ3) is 2.63. The first-order chi connectivity index (χ1) is 7.66. The molecule has 2 rings (SSSR count). The molecule has 1 unspecified atom stereocenters. The molecule has 2 nitrogen and oxygen atoms in total. The third-order valence-electron chi connectivity index (χ3n) is 3.33. The van der Waals surface area contributed by atoms with Gasteiger partial charge in [-0.2, -0.15) is 0 Å². The predicted molar refractivity (Wildman–Crippen MR) is 68.3 cm³/mol. The summed E-state index contributed by atoms with van der Waals surface area (Å²) >= 11 is 0. The minimum atomic E-state index is 0.203. The largest absolute Gasteiger partial charge is 0.324 e. The Bertz CT molecular complexity index is 325.